The first-order valence-electron chi connectivity index (χ1n) is 6.47. The Morgan fingerprint density at radius 3 is 2.55 bits per heavy atom. The molecular formula is C15H18N2O3. The number of aryl methyl sites for hydroxylation is 2. The van der Waals surface area contributed by atoms with Crippen molar-refractivity contribution in [1.82, 2.24) is 9.78 Å². The number of hydrogen-bond donors (Lipinski definition) is 0. The maximum atomic E-state index is 11.3. The number of esters is 1. The fraction of sp³-hybridized carbons (Fsp3) is 0.333. The lowest BCUT2D eigenvalue weighted by Crippen LogP contribution is -2.04. The Balaban J connectivity index is 2.00. The summed E-state index contributed by atoms with van der Waals surface area (Å²) in [6.45, 7) is 2.51. The van der Waals surface area contributed by atoms with Crippen molar-refractivity contribution in [3.05, 3.63) is 47.3 Å². The van der Waals surface area contributed by atoms with E-state index in [0.29, 0.717) is 17.9 Å². The second kappa shape index (κ2) is 6.23. The SMILES string of the molecule is CCc1cc(COc2ccc(C(=O)OC)cc2)n(C)n1. The molecule has 0 fully saturated rings. The van der Waals surface area contributed by atoms with Crippen LogP contribution in [-0.4, -0.2) is 22.9 Å². The molecule has 5 nitrogen and oxygen atoms in total. The second-order valence-corrected chi connectivity index (χ2v) is 4.41. The van der Waals surface area contributed by atoms with E-state index in [1.807, 2.05) is 17.8 Å². The fourth-order valence-corrected chi connectivity index (χ4v) is 1.84. The second-order valence-electron chi connectivity index (χ2n) is 4.41. The zero-order valence-corrected chi connectivity index (χ0v) is 11.9. The van der Waals surface area contributed by atoms with Crippen LogP contribution in [0.4, 0.5) is 0 Å². The van der Waals surface area contributed by atoms with Crippen molar-refractivity contribution in [2.24, 2.45) is 7.05 Å². The Hall–Kier alpha value is -2.30. The first kappa shape index (κ1) is 14.1. The summed E-state index contributed by atoms with van der Waals surface area (Å²) in [6.07, 6.45) is 0.904. The molecule has 0 spiro atoms. The topological polar surface area (TPSA) is 53.4 Å². The van der Waals surface area contributed by atoms with Crippen LogP contribution in [0, 0.1) is 0 Å². The summed E-state index contributed by atoms with van der Waals surface area (Å²) in [7, 11) is 3.26. The van der Waals surface area contributed by atoms with Crippen molar-refractivity contribution >= 4 is 5.97 Å². The molecule has 0 N–H and O–H groups in total. The molecule has 0 radical (unpaired) electrons. The Kier molecular flexibility index (Phi) is 4.40. The molecular weight excluding hydrogens is 256 g/mol. The average molecular weight is 274 g/mol. The minimum absolute atomic E-state index is 0.351. The molecule has 0 amide bonds. The van der Waals surface area contributed by atoms with Gasteiger partial charge in [0.25, 0.3) is 0 Å². The van der Waals surface area contributed by atoms with Crippen molar-refractivity contribution in [1.29, 1.82) is 0 Å². The van der Waals surface area contributed by atoms with Gasteiger partial charge in [-0.1, -0.05) is 6.92 Å². The third-order valence-electron chi connectivity index (χ3n) is 3.05. The van der Waals surface area contributed by atoms with Gasteiger partial charge in [0.2, 0.25) is 0 Å². The van der Waals surface area contributed by atoms with Gasteiger partial charge in [-0.05, 0) is 36.8 Å². The molecule has 0 saturated heterocycles. The summed E-state index contributed by atoms with van der Waals surface area (Å²) in [5.74, 6) is 0.354. The number of nitrogens with zero attached hydrogens (tertiary/aromatic N) is 2. The Bertz CT molecular complexity index is 588. The fourth-order valence-electron chi connectivity index (χ4n) is 1.84. The van der Waals surface area contributed by atoms with Gasteiger partial charge in [-0.15, -0.1) is 0 Å². The lowest BCUT2D eigenvalue weighted by atomic mass is 10.2. The minimum atomic E-state index is -0.351. The van der Waals surface area contributed by atoms with Gasteiger partial charge < -0.3 is 9.47 Å². The van der Waals surface area contributed by atoms with Crippen LogP contribution < -0.4 is 4.74 Å². The van der Waals surface area contributed by atoms with E-state index in [4.69, 9.17) is 4.74 Å². The zero-order chi connectivity index (χ0) is 14.5. The Morgan fingerprint density at radius 2 is 2.00 bits per heavy atom. The third kappa shape index (κ3) is 3.17. The standard InChI is InChI=1S/C15H18N2O3/c1-4-12-9-13(17(2)16-12)10-20-14-7-5-11(6-8-14)15(18)19-3/h5-9H,4,10H2,1-3H3. The van der Waals surface area contributed by atoms with Gasteiger partial charge in [0.05, 0.1) is 24.1 Å². The highest BCUT2D eigenvalue weighted by Crippen LogP contribution is 2.15. The van der Waals surface area contributed by atoms with E-state index in [1.165, 1.54) is 7.11 Å². The summed E-state index contributed by atoms with van der Waals surface area (Å²) < 4.78 is 12.2. The van der Waals surface area contributed by atoms with E-state index < -0.39 is 0 Å². The predicted octanol–water partition coefficient (Wildman–Crippen LogP) is 2.35. The number of rotatable bonds is 5. The average Bonchev–Trinajstić information content (AvgIpc) is 2.85. The van der Waals surface area contributed by atoms with E-state index in [0.717, 1.165) is 17.8 Å². The van der Waals surface area contributed by atoms with Gasteiger partial charge in [-0.25, -0.2) is 4.79 Å². The van der Waals surface area contributed by atoms with Crippen LogP contribution in [0.25, 0.3) is 0 Å². The number of aromatic nitrogens is 2. The number of benzene rings is 1. The van der Waals surface area contributed by atoms with Crippen LogP contribution in [0.5, 0.6) is 5.75 Å². The third-order valence-corrected chi connectivity index (χ3v) is 3.05. The molecule has 20 heavy (non-hydrogen) atoms. The smallest absolute Gasteiger partial charge is 0.337 e. The minimum Gasteiger partial charge on any atom is -0.487 e. The van der Waals surface area contributed by atoms with Crippen LogP contribution in [0.15, 0.2) is 30.3 Å². The van der Waals surface area contributed by atoms with Gasteiger partial charge in [0, 0.05) is 7.05 Å². The van der Waals surface area contributed by atoms with E-state index in [9.17, 15) is 4.79 Å². The number of carbonyl (C=O) groups is 1. The van der Waals surface area contributed by atoms with Gasteiger partial charge in [-0.2, -0.15) is 5.10 Å². The molecule has 5 heteroatoms. The molecule has 106 valence electrons. The monoisotopic (exact) mass is 274 g/mol. The van der Waals surface area contributed by atoms with Gasteiger partial charge in [0.1, 0.15) is 12.4 Å². The molecule has 2 aromatic rings. The molecule has 0 unspecified atom stereocenters. The van der Waals surface area contributed by atoms with Gasteiger partial charge in [-0.3, -0.25) is 4.68 Å². The molecule has 0 saturated carbocycles. The van der Waals surface area contributed by atoms with Crippen LogP contribution in [0.2, 0.25) is 0 Å². The van der Waals surface area contributed by atoms with E-state index in [1.54, 1.807) is 24.3 Å². The predicted molar refractivity (Wildman–Crippen MR) is 74.7 cm³/mol. The molecule has 0 bridgehead atoms. The van der Waals surface area contributed by atoms with Crippen molar-refractivity contribution in [3.8, 4) is 5.75 Å². The first-order valence-corrected chi connectivity index (χ1v) is 6.47. The van der Waals surface area contributed by atoms with Crippen molar-refractivity contribution in [2.45, 2.75) is 20.0 Å². The quantitative estimate of drug-likeness (QED) is 0.785. The van der Waals surface area contributed by atoms with Crippen molar-refractivity contribution < 1.29 is 14.3 Å². The van der Waals surface area contributed by atoms with Gasteiger partial charge >= 0.3 is 5.97 Å². The summed E-state index contributed by atoms with van der Waals surface area (Å²) in [5, 5.41) is 4.37. The normalized spacial score (nSPS) is 10.3. The first-order chi connectivity index (χ1) is 9.63. The van der Waals surface area contributed by atoms with Crippen LogP contribution >= 0.6 is 0 Å². The zero-order valence-electron chi connectivity index (χ0n) is 11.9. The highest BCUT2D eigenvalue weighted by molar-refractivity contribution is 5.89. The Morgan fingerprint density at radius 1 is 1.30 bits per heavy atom. The molecule has 1 aromatic heterocycles. The van der Waals surface area contributed by atoms with Crippen molar-refractivity contribution in [3.63, 3.8) is 0 Å². The lowest BCUT2D eigenvalue weighted by molar-refractivity contribution is 0.0600. The van der Waals surface area contributed by atoms with E-state index in [-0.39, 0.29) is 5.97 Å². The van der Waals surface area contributed by atoms with Gasteiger partial charge in [0.15, 0.2) is 0 Å². The van der Waals surface area contributed by atoms with E-state index >= 15 is 0 Å². The van der Waals surface area contributed by atoms with Crippen LogP contribution in [-0.2, 0) is 24.8 Å². The number of carbonyl (C=O) groups excluding carboxylic acids is 1. The molecule has 0 atom stereocenters. The molecule has 0 aliphatic heterocycles. The summed E-state index contributed by atoms with van der Waals surface area (Å²) in [6, 6.07) is 8.90. The number of methoxy groups -OCH3 is 1. The molecule has 1 aromatic carbocycles. The van der Waals surface area contributed by atoms with Crippen LogP contribution in [0.1, 0.15) is 28.7 Å². The maximum Gasteiger partial charge on any atom is 0.337 e. The lowest BCUT2D eigenvalue weighted by Gasteiger charge is -2.07. The van der Waals surface area contributed by atoms with Crippen LogP contribution in [0.3, 0.4) is 0 Å². The summed E-state index contributed by atoms with van der Waals surface area (Å²) >= 11 is 0. The summed E-state index contributed by atoms with van der Waals surface area (Å²) in [4.78, 5) is 11.3. The molecule has 0 aliphatic carbocycles. The highest BCUT2D eigenvalue weighted by atomic mass is 16.5. The maximum absolute atomic E-state index is 11.3. The number of hydrogen-bond acceptors (Lipinski definition) is 4. The largest absolute Gasteiger partial charge is 0.487 e. The Labute approximate surface area is 118 Å². The molecule has 0 aliphatic rings. The van der Waals surface area contributed by atoms with Crippen molar-refractivity contribution in [2.75, 3.05) is 7.11 Å². The molecule has 2 rings (SSSR count). The summed E-state index contributed by atoms with van der Waals surface area (Å²) in [5.41, 5.74) is 2.57. The van der Waals surface area contributed by atoms with E-state index in [2.05, 4.69) is 16.8 Å². The number of ether oxygens (including phenoxy) is 2. The molecule has 1 heterocycles. The highest BCUT2D eigenvalue weighted by Gasteiger charge is 2.07.